The van der Waals surface area contributed by atoms with Crippen LogP contribution in [-0.2, 0) is 7.05 Å². The van der Waals surface area contributed by atoms with E-state index in [1.807, 2.05) is 36.3 Å². The lowest BCUT2D eigenvalue weighted by atomic mass is 10.1. The van der Waals surface area contributed by atoms with Gasteiger partial charge in [-0.05, 0) is 49.9 Å². The van der Waals surface area contributed by atoms with Crippen molar-refractivity contribution in [1.29, 1.82) is 0 Å². The summed E-state index contributed by atoms with van der Waals surface area (Å²) in [5.41, 5.74) is 1.95. The van der Waals surface area contributed by atoms with Crippen LogP contribution in [0.1, 0.15) is 37.4 Å². The number of carbonyl (C=O) groups excluding carboxylic acids is 1. The van der Waals surface area contributed by atoms with Gasteiger partial charge < -0.3 is 19.7 Å². The molecule has 2 saturated heterocycles. The first-order valence-corrected chi connectivity index (χ1v) is 9.12. The van der Waals surface area contributed by atoms with Crippen LogP contribution in [-0.4, -0.2) is 40.1 Å². The van der Waals surface area contributed by atoms with Gasteiger partial charge in [0.15, 0.2) is 0 Å². The number of carbonyl (C=O) groups is 1. The average Bonchev–Trinajstić information content (AvgIpc) is 3.36. The number of pyridine rings is 1. The minimum absolute atomic E-state index is 0.0422. The smallest absolute Gasteiger partial charge is 0.322 e. The summed E-state index contributed by atoms with van der Waals surface area (Å²) in [6.07, 6.45) is 8.31. The van der Waals surface area contributed by atoms with E-state index < -0.39 is 0 Å². The van der Waals surface area contributed by atoms with Gasteiger partial charge in [-0.2, -0.15) is 0 Å². The van der Waals surface area contributed by atoms with Gasteiger partial charge in [0.1, 0.15) is 5.82 Å². The molecule has 25 heavy (non-hydrogen) atoms. The van der Waals surface area contributed by atoms with Crippen molar-refractivity contribution in [3.05, 3.63) is 42.4 Å². The van der Waals surface area contributed by atoms with E-state index in [2.05, 4.69) is 25.8 Å². The van der Waals surface area contributed by atoms with Crippen molar-refractivity contribution in [1.82, 2.24) is 14.5 Å². The number of aryl methyl sites for hydroxylation is 1. The van der Waals surface area contributed by atoms with Crippen molar-refractivity contribution < 1.29 is 4.79 Å². The highest BCUT2D eigenvalue weighted by Gasteiger charge is 2.31. The Morgan fingerprint density at radius 1 is 1.16 bits per heavy atom. The van der Waals surface area contributed by atoms with Crippen LogP contribution in [0.5, 0.6) is 0 Å². The third kappa shape index (κ3) is 3.21. The van der Waals surface area contributed by atoms with Gasteiger partial charge in [0.25, 0.3) is 0 Å². The zero-order valence-electron chi connectivity index (χ0n) is 14.7. The van der Waals surface area contributed by atoms with Crippen molar-refractivity contribution in [3.63, 3.8) is 0 Å². The Labute approximate surface area is 148 Å². The van der Waals surface area contributed by atoms with E-state index in [9.17, 15) is 4.79 Å². The van der Waals surface area contributed by atoms with E-state index in [4.69, 9.17) is 0 Å². The minimum atomic E-state index is -0.0422. The lowest BCUT2D eigenvalue weighted by Crippen LogP contribution is -2.35. The topological polar surface area (TPSA) is 53.4 Å². The van der Waals surface area contributed by atoms with Crippen LogP contribution in [0.15, 0.2) is 36.7 Å². The summed E-state index contributed by atoms with van der Waals surface area (Å²) in [6.45, 7) is 2.94. The second kappa shape index (κ2) is 6.78. The summed E-state index contributed by atoms with van der Waals surface area (Å²) in [4.78, 5) is 21.5. The highest BCUT2D eigenvalue weighted by Crippen LogP contribution is 2.32. The number of urea groups is 1. The van der Waals surface area contributed by atoms with Crippen LogP contribution in [0.2, 0.25) is 0 Å². The molecule has 0 aliphatic carbocycles. The molecule has 2 amide bonds. The monoisotopic (exact) mass is 339 g/mol. The van der Waals surface area contributed by atoms with Crippen LogP contribution in [0.25, 0.3) is 0 Å². The van der Waals surface area contributed by atoms with Crippen LogP contribution in [0, 0.1) is 0 Å². The number of hydrogen-bond donors (Lipinski definition) is 1. The lowest BCUT2D eigenvalue weighted by Gasteiger charge is -2.25. The number of likely N-dealkylation sites (tertiary alicyclic amines) is 1. The van der Waals surface area contributed by atoms with Crippen molar-refractivity contribution >= 4 is 17.5 Å². The molecule has 4 rings (SSSR count). The van der Waals surface area contributed by atoms with Crippen LogP contribution >= 0.6 is 0 Å². The van der Waals surface area contributed by atoms with E-state index in [0.29, 0.717) is 0 Å². The molecule has 0 radical (unpaired) electrons. The highest BCUT2D eigenvalue weighted by molar-refractivity contribution is 5.89. The molecule has 2 aliphatic rings. The normalized spacial score (nSPS) is 20.3. The van der Waals surface area contributed by atoms with Gasteiger partial charge in [0.2, 0.25) is 0 Å². The zero-order chi connectivity index (χ0) is 17.2. The van der Waals surface area contributed by atoms with Gasteiger partial charge in [0.05, 0.1) is 17.9 Å². The molecular formula is C19H25N5O. The summed E-state index contributed by atoms with van der Waals surface area (Å²) >= 11 is 0. The second-order valence-electron chi connectivity index (χ2n) is 6.92. The van der Waals surface area contributed by atoms with Crippen LogP contribution in [0.3, 0.4) is 0 Å². The number of anilines is 2. The van der Waals surface area contributed by atoms with E-state index in [1.165, 1.54) is 18.5 Å². The Balaban J connectivity index is 1.43. The van der Waals surface area contributed by atoms with Crippen molar-refractivity contribution in [3.8, 4) is 0 Å². The fourth-order valence-corrected chi connectivity index (χ4v) is 3.93. The molecule has 2 fully saturated rings. The quantitative estimate of drug-likeness (QED) is 0.932. The Bertz CT molecular complexity index is 733. The average molecular weight is 339 g/mol. The third-order valence-electron chi connectivity index (χ3n) is 5.27. The van der Waals surface area contributed by atoms with Crippen LogP contribution < -0.4 is 10.2 Å². The van der Waals surface area contributed by atoms with Crippen LogP contribution in [0.4, 0.5) is 16.3 Å². The standard InChI is InChI=1S/C19H25N5O/c1-22-10-4-6-16(22)17-7-5-13-24(17)19(25)21-15-8-9-18(20-14-15)23-11-2-3-12-23/h4,6,8-10,14,17H,2-3,5,7,11-13H2,1H3,(H,21,25). The predicted molar refractivity (Wildman–Crippen MR) is 98.8 cm³/mol. The van der Waals surface area contributed by atoms with Crippen molar-refractivity contribution in [2.24, 2.45) is 7.05 Å². The van der Waals surface area contributed by atoms with Gasteiger partial charge in [-0.3, -0.25) is 0 Å². The molecule has 1 unspecified atom stereocenters. The molecule has 0 spiro atoms. The van der Waals surface area contributed by atoms with E-state index in [-0.39, 0.29) is 12.1 Å². The fourth-order valence-electron chi connectivity index (χ4n) is 3.93. The number of hydrogen-bond acceptors (Lipinski definition) is 3. The molecule has 0 saturated carbocycles. The number of rotatable bonds is 3. The third-order valence-corrected chi connectivity index (χ3v) is 5.27. The van der Waals surface area contributed by atoms with Crippen molar-refractivity contribution in [2.45, 2.75) is 31.7 Å². The molecule has 1 atom stereocenters. The van der Waals surface area contributed by atoms with Gasteiger partial charge in [-0.25, -0.2) is 9.78 Å². The summed E-state index contributed by atoms with van der Waals surface area (Å²) in [5.74, 6) is 0.998. The number of nitrogens with one attached hydrogen (secondary N) is 1. The molecular weight excluding hydrogens is 314 g/mol. The lowest BCUT2D eigenvalue weighted by molar-refractivity contribution is 0.205. The SMILES string of the molecule is Cn1cccc1C1CCCN1C(=O)Nc1ccc(N2CCCC2)nc1. The first-order chi connectivity index (χ1) is 12.2. The summed E-state index contributed by atoms with van der Waals surface area (Å²) in [6, 6.07) is 8.19. The first kappa shape index (κ1) is 16.0. The summed E-state index contributed by atoms with van der Waals surface area (Å²) < 4.78 is 2.10. The molecule has 0 aromatic carbocycles. The fraction of sp³-hybridized carbons (Fsp3) is 0.474. The Morgan fingerprint density at radius 2 is 2.00 bits per heavy atom. The Morgan fingerprint density at radius 3 is 2.68 bits per heavy atom. The van der Waals surface area contributed by atoms with E-state index >= 15 is 0 Å². The molecule has 132 valence electrons. The summed E-state index contributed by atoms with van der Waals surface area (Å²) in [5, 5.41) is 3.01. The van der Waals surface area contributed by atoms with Gasteiger partial charge >= 0.3 is 6.03 Å². The Kier molecular flexibility index (Phi) is 4.34. The van der Waals surface area contributed by atoms with Gasteiger partial charge in [-0.1, -0.05) is 0 Å². The van der Waals surface area contributed by atoms with E-state index in [0.717, 1.165) is 44.0 Å². The molecule has 6 nitrogen and oxygen atoms in total. The summed E-state index contributed by atoms with van der Waals surface area (Å²) in [7, 11) is 2.03. The number of aromatic nitrogens is 2. The predicted octanol–water partition coefficient (Wildman–Crippen LogP) is 3.39. The molecule has 2 aliphatic heterocycles. The molecule has 1 N–H and O–H groups in total. The molecule has 2 aromatic rings. The largest absolute Gasteiger partial charge is 0.357 e. The number of nitrogens with zero attached hydrogens (tertiary/aromatic N) is 4. The molecule has 2 aromatic heterocycles. The Hall–Kier alpha value is -2.50. The maximum absolute atomic E-state index is 12.7. The second-order valence-corrected chi connectivity index (χ2v) is 6.92. The molecule has 0 bridgehead atoms. The molecule has 4 heterocycles. The van der Waals surface area contributed by atoms with Gasteiger partial charge in [0, 0.05) is 38.6 Å². The zero-order valence-corrected chi connectivity index (χ0v) is 14.7. The maximum atomic E-state index is 12.7. The first-order valence-electron chi connectivity index (χ1n) is 9.12. The van der Waals surface area contributed by atoms with Crippen molar-refractivity contribution in [2.75, 3.05) is 29.9 Å². The maximum Gasteiger partial charge on any atom is 0.322 e. The highest BCUT2D eigenvalue weighted by atomic mass is 16.2. The van der Waals surface area contributed by atoms with Gasteiger partial charge in [-0.15, -0.1) is 0 Å². The minimum Gasteiger partial charge on any atom is -0.357 e. The van der Waals surface area contributed by atoms with E-state index in [1.54, 1.807) is 6.20 Å². The molecule has 6 heteroatoms. The number of amides is 2.